The Labute approximate surface area is 136 Å². The summed E-state index contributed by atoms with van der Waals surface area (Å²) in [6, 6.07) is 5.53. The van der Waals surface area contributed by atoms with E-state index in [0.717, 1.165) is 40.8 Å². The highest BCUT2D eigenvalue weighted by atomic mass is 32.2. The number of carbonyl (C=O) groups is 1. The van der Waals surface area contributed by atoms with Crippen LogP contribution in [0.1, 0.15) is 42.6 Å². The molecule has 1 aliphatic heterocycles. The van der Waals surface area contributed by atoms with E-state index in [-0.39, 0.29) is 5.78 Å². The number of ether oxygens (including phenoxy) is 1. The Balaban J connectivity index is 2.19. The maximum absolute atomic E-state index is 12.5. The van der Waals surface area contributed by atoms with Crippen LogP contribution in [0.2, 0.25) is 0 Å². The fourth-order valence-electron chi connectivity index (χ4n) is 2.18. The maximum atomic E-state index is 12.5. The highest BCUT2D eigenvalue weighted by Gasteiger charge is 2.20. The lowest BCUT2D eigenvalue weighted by molar-refractivity contribution is 0.104. The third-order valence-electron chi connectivity index (χ3n) is 3.44. The molecule has 0 bridgehead atoms. The van der Waals surface area contributed by atoms with Crippen LogP contribution in [0, 0.1) is 6.92 Å². The first-order valence-electron chi connectivity index (χ1n) is 7.46. The first-order chi connectivity index (χ1) is 10.5. The number of thioether (sulfide) groups is 1. The quantitative estimate of drug-likeness (QED) is 0.582. The number of ketones is 1. The Bertz CT molecular complexity index is 623. The molecule has 0 unspecified atom stereocenters. The molecule has 0 atom stereocenters. The van der Waals surface area contributed by atoms with Crippen molar-refractivity contribution in [2.75, 3.05) is 13.7 Å². The van der Waals surface area contributed by atoms with Crippen molar-refractivity contribution >= 4 is 22.6 Å². The minimum Gasteiger partial charge on any atom is -0.496 e. The molecule has 0 N–H and O–H groups in total. The van der Waals surface area contributed by atoms with Gasteiger partial charge in [0.2, 0.25) is 0 Å². The summed E-state index contributed by atoms with van der Waals surface area (Å²) in [5.41, 5.74) is 1.65. The number of rotatable bonds is 6. The topological polar surface area (TPSA) is 41.9 Å². The lowest BCUT2D eigenvalue weighted by Crippen LogP contribution is -2.14. The Kier molecular flexibility index (Phi) is 5.66. The SMILES string of the molecule is CCCCN1N=C(C)SC1=CC(=O)c1ccc(C)c(OC)c1. The molecule has 4 nitrogen and oxygen atoms in total. The number of benzene rings is 1. The van der Waals surface area contributed by atoms with E-state index in [1.807, 2.05) is 31.0 Å². The minimum atomic E-state index is -0.0211. The second kappa shape index (κ2) is 7.49. The van der Waals surface area contributed by atoms with Gasteiger partial charge in [-0.05, 0) is 31.9 Å². The van der Waals surface area contributed by atoms with Gasteiger partial charge in [-0.2, -0.15) is 5.10 Å². The van der Waals surface area contributed by atoms with Crippen molar-refractivity contribution < 1.29 is 9.53 Å². The number of hydrogen-bond acceptors (Lipinski definition) is 5. The summed E-state index contributed by atoms with van der Waals surface area (Å²) in [6.07, 6.45) is 3.83. The molecule has 1 aliphatic rings. The molecule has 0 amide bonds. The molecule has 1 aromatic rings. The first kappa shape index (κ1) is 16.6. The van der Waals surface area contributed by atoms with Gasteiger partial charge in [0.25, 0.3) is 0 Å². The van der Waals surface area contributed by atoms with Crippen molar-refractivity contribution in [3.05, 3.63) is 40.4 Å². The zero-order valence-corrected chi connectivity index (χ0v) is 14.4. The predicted molar refractivity (Wildman–Crippen MR) is 92.5 cm³/mol. The average molecular weight is 318 g/mol. The fourth-order valence-corrected chi connectivity index (χ4v) is 3.03. The molecule has 118 valence electrons. The summed E-state index contributed by atoms with van der Waals surface area (Å²) in [5.74, 6) is 0.714. The summed E-state index contributed by atoms with van der Waals surface area (Å²) in [6.45, 7) is 6.91. The minimum absolute atomic E-state index is 0.0211. The molecule has 0 spiro atoms. The average Bonchev–Trinajstić information content (AvgIpc) is 2.85. The third-order valence-corrected chi connectivity index (χ3v) is 4.35. The van der Waals surface area contributed by atoms with Gasteiger partial charge in [-0.25, -0.2) is 0 Å². The van der Waals surface area contributed by atoms with Crippen molar-refractivity contribution in [2.24, 2.45) is 5.10 Å². The number of hydrogen-bond donors (Lipinski definition) is 0. The molecule has 0 fully saturated rings. The Hall–Kier alpha value is -1.75. The van der Waals surface area contributed by atoms with Crippen LogP contribution < -0.4 is 4.74 Å². The molecule has 0 aliphatic carbocycles. The molecule has 2 rings (SSSR count). The van der Waals surface area contributed by atoms with Gasteiger partial charge in [-0.1, -0.05) is 37.2 Å². The summed E-state index contributed by atoms with van der Waals surface area (Å²) in [5, 5.41) is 8.26. The van der Waals surface area contributed by atoms with Gasteiger partial charge in [0.05, 0.1) is 12.2 Å². The van der Waals surface area contributed by atoms with E-state index in [2.05, 4.69) is 12.0 Å². The van der Waals surface area contributed by atoms with Gasteiger partial charge in [-0.15, -0.1) is 0 Å². The lowest BCUT2D eigenvalue weighted by Gasteiger charge is -2.14. The molecule has 1 aromatic carbocycles. The summed E-state index contributed by atoms with van der Waals surface area (Å²) in [4.78, 5) is 12.5. The Morgan fingerprint density at radius 1 is 1.41 bits per heavy atom. The summed E-state index contributed by atoms with van der Waals surface area (Å²) >= 11 is 1.55. The zero-order valence-electron chi connectivity index (χ0n) is 13.5. The van der Waals surface area contributed by atoms with E-state index in [4.69, 9.17) is 4.74 Å². The van der Waals surface area contributed by atoms with Gasteiger partial charge in [-0.3, -0.25) is 9.80 Å². The van der Waals surface area contributed by atoms with Gasteiger partial charge in [0, 0.05) is 18.2 Å². The second-order valence-corrected chi connectivity index (χ2v) is 6.44. The summed E-state index contributed by atoms with van der Waals surface area (Å²) < 4.78 is 5.29. The van der Waals surface area contributed by atoms with Crippen molar-refractivity contribution in [3.63, 3.8) is 0 Å². The van der Waals surface area contributed by atoms with Crippen LogP contribution in [0.5, 0.6) is 5.75 Å². The number of allylic oxidation sites excluding steroid dienone is 1. The van der Waals surface area contributed by atoms with Crippen LogP contribution in [-0.2, 0) is 0 Å². The largest absolute Gasteiger partial charge is 0.496 e. The van der Waals surface area contributed by atoms with Crippen LogP contribution in [-0.4, -0.2) is 29.5 Å². The highest BCUT2D eigenvalue weighted by Crippen LogP contribution is 2.30. The van der Waals surface area contributed by atoms with Crippen molar-refractivity contribution in [3.8, 4) is 5.75 Å². The van der Waals surface area contributed by atoms with Crippen LogP contribution >= 0.6 is 11.8 Å². The molecule has 22 heavy (non-hydrogen) atoms. The third kappa shape index (κ3) is 3.91. The number of methoxy groups -OCH3 is 1. The monoisotopic (exact) mass is 318 g/mol. The van der Waals surface area contributed by atoms with E-state index >= 15 is 0 Å². The highest BCUT2D eigenvalue weighted by molar-refractivity contribution is 8.17. The zero-order chi connectivity index (χ0) is 16.1. The number of hydrazone groups is 1. The van der Waals surface area contributed by atoms with Gasteiger partial charge < -0.3 is 4.74 Å². The molecule has 5 heteroatoms. The molecular formula is C17H22N2O2S. The van der Waals surface area contributed by atoms with Crippen LogP contribution in [0.15, 0.2) is 34.4 Å². The van der Waals surface area contributed by atoms with Crippen LogP contribution in [0.3, 0.4) is 0 Å². The van der Waals surface area contributed by atoms with E-state index in [1.165, 1.54) is 0 Å². The van der Waals surface area contributed by atoms with E-state index in [9.17, 15) is 4.79 Å². The normalized spacial score (nSPS) is 16.1. The molecule has 0 saturated heterocycles. The number of nitrogens with zero attached hydrogens (tertiary/aromatic N) is 2. The predicted octanol–water partition coefficient (Wildman–Crippen LogP) is 4.21. The van der Waals surface area contributed by atoms with E-state index in [0.29, 0.717) is 5.56 Å². The van der Waals surface area contributed by atoms with E-state index < -0.39 is 0 Å². The fraction of sp³-hybridized carbons (Fsp3) is 0.412. The van der Waals surface area contributed by atoms with E-state index in [1.54, 1.807) is 31.0 Å². The molecule has 1 heterocycles. The smallest absolute Gasteiger partial charge is 0.188 e. The standard InChI is InChI=1S/C17H22N2O2S/c1-5-6-9-19-17(22-13(3)18-19)11-15(20)14-8-7-12(2)16(10-14)21-4/h7-8,10-11H,5-6,9H2,1-4H3. The van der Waals surface area contributed by atoms with Crippen molar-refractivity contribution in [1.82, 2.24) is 5.01 Å². The second-order valence-electron chi connectivity index (χ2n) is 5.23. The van der Waals surface area contributed by atoms with Gasteiger partial charge in [0.1, 0.15) is 10.8 Å². The van der Waals surface area contributed by atoms with Gasteiger partial charge >= 0.3 is 0 Å². The Morgan fingerprint density at radius 3 is 2.86 bits per heavy atom. The van der Waals surface area contributed by atoms with Crippen molar-refractivity contribution in [2.45, 2.75) is 33.6 Å². The number of carbonyl (C=O) groups excluding carboxylic acids is 1. The Morgan fingerprint density at radius 2 is 2.18 bits per heavy atom. The lowest BCUT2D eigenvalue weighted by atomic mass is 10.1. The molecule has 0 radical (unpaired) electrons. The first-order valence-corrected chi connectivity index (χ1v) is 8.28. The number of unbranched alkanes of at least 4 members (excludes halogenated alkanes) is 1. The van der Waals surface area contributed by atoms with Crippen molar-refractivity contribution in [1.29, 1.82) is 0 Å². The van der Waals surface area contributed by atoms with Crippen LogP contribution in [0.25, 0.3) is 0 Å². The maximum Gasteiger partial charge on any atom is 0.188 e. The van der Waals surface area contributed by atoms with Crippen LogP contribution in [0.4, 0.5) is 0 Å². The number of aryl methyl sites for hydroxylation is 1. The molecule has 0 saturated carbocycles. The summed E-state index contributed by atoms with van der Waals surface area (Å²) in [7, 11) is 1.62. The molecule has 0 aromatic heterocycles. The van der Waals surface area contributed by atoms with Gasteiger partial charge in [0.15, 0.2) is 5.78 Å². The molecular weight excluding hydrogens is 296 g/mol.